The van der Waals surface area contributed by atoms with E-state index >= 15 is 0 Å². The maximum Gasteiger partial charge on any atom is 0.254 e. The number of ketones is 1. The number of allylic oxidation sites excluding steroid dienone is 5. The van der Waals surface area contributed by atoms with E-state index in [9.17, 15) is 14.7 Å². The van der Waals surface area contributed by atoms with Gasteiger partial charge in [-0.25, -0.2) is 0 Å². The van der Waals surface area contributed by atoms with Crippen LogP contribution in [0.3, 0.4) is 0 Å². The number of hydrogen-bond acceptors (Lipinski definition) is 5. The average Bonchev–Trinajstić information content (AvgIpc) is 2.85. The molecule has 0 spiro atoms. The summed E-state index contributed by atoms with van der Waals surface area (Å²) in [7, 11) is 0. The molecule has 1 fully saturated rings. The van der Waals surface area contributed by atoms with Gasteiger partial charge in [-0.05, 0) is 69.2 Å². The van der Waals surface area contributed by atoms with Crippen molar-refractivity contribution in [2.45, 2.75) is 58.4 Å². The molecular formula is C29H38N2O4. The summed E-state index contributed by atoms with van der Waals surface area (Å²) in [5, 5.41) is 9.79. The number of nitrogens with zero attached hydrogens (tertiary/aromatic N) is 2. The average molecular weight is 479 g/mol. The lowest BCUT2D eigenvalue weighted by atomic mass is 9.88. The third-order valence-electron chi connectivity index (χ3n) is 7.32. The monoisotopic (exact) mass is 478 g/mol. The van der Waals surface area contributed by atoms with Crippen molar-refractivity contribution in [3.8, 4) is 0 Å². The lowest BCUT2D eigenvalue weighted by Gasteiger charge is -2.37. The van der Waals surface area contributed by atoms with Crippen LogP contribution in [0, 0.1) is 0 Å². The van der Waals surface area contributed by atoms with E-state index in [1.807, 2.05) is 19.1 Å². The molecule has 1 aliphatic carbocycles. The van der Waals surface area contributed by atoms with Crippen LogP contribution in [-0.2, 0) is 16.0 Å². The number of Topliss-reactive ketones (excluding diaryl/α,β-unsaturated/α-hetero) is 1. The van der Waals surface area contributed by atoms with E-state index in [4.69, 9.17) is 4.74 Å². The van der Waals surface area contributed by atoms with Gasteiger partial charge in [0.15, 0.2) is 5.78 Å². The van der Waals surface area contributed by atoms with Crippen molar-refractivity contribution in [3.63, 3.8) is 0 Å². The third-order valence-corrected chi connectivity index (χ3v) is 7.32. The Bertz CT molecular complexity index is 1030. The standard InChI is InChI=1S/C29H38N2O4/c1-3-31(23-12-16-35-17-13-23)27-11-7-10-25-24(27)9-6-4-5-8-22-18-21(2)19-28(33)26(22)20-30(14-15-32)29(25)34/h4,6-7,10-11,18,23,32H,3,5,8-9,12-17,19-20H2,1-2H3/b6-4+. The van der Waals surface area contributed by atoms with Gasteiger partial charge in [0.2, 0.25) is 0 Å². The summed E-state index contributed by atoms with van der Waals surface area (Å²) in [6, 6.07) is 6.37. The fraction of sp³-hybridized carbons (Fsp3) is 0.517. The zero-order valence-electron chi connectivity index (χ0n) is 21.1. The van der Waals surface area contributed by atoms with Crippen LogP contribution in [0.5, 0.6) is 0 Å². The summed E-state index contributed by atoms with van der Waals surface area (Å²) in [5.74, 6) is -0.0405. The Hall–Kier alpha value is -2.70. The first-order chi connectivity index (χ1) is 17.0. The van der Waals surface area contributed by atoms with Crippen molar-refractivity contribution in [1.82, 2.24) is 4.90 Å². The van der Waals surface area contributed by atoms with Crippen LogP contribution < -0.4 is 4.90 Å². The summed E-state index contributed by atoms with van der Waals surface area (Å²) in [5.41, 5.74) is 5.57. The molecule has 1 saturated heterocycles. The minimum atomic E-state index is -0.143. The van der Waals surface area contributed by atoms with Gasteiger partial charge >= 0.3 is 0 Å². The lowest BCUT2D eigenvalue weighted by molar-refractivity contribution is -0.115. The zero-order valence-corrected chi connectivity index (χ0v) is 21.1. The minimum Gasteiger partial charge on any atom is -0.395 e. The van der Waals surface area contributed by atoms with Gasteiger partial charge in [0, 0.05) is 62.1 Å². The summed E-state index contributed by atoms with van der Waals surface area (Å²) >= 11 is 0. The van der Waals surface area contributed by atoms with E-state index < -0.39 is 0 Å². The van der Waals surface area contributed by atoms with Gasteiger partial charge in [-0.3, -0.25) is 9.59 Å². The molecule has 0 saturated carbocycles. The zero-order chi connectivity index (χ0) is 24.8. The Balaban J connectivity index is 1.77. The van der Waals surface area contributed by atoms with Crippen LogP contribution in [0.15, 0.2) is 53.1 Å². The fourth-order valence-electron chi connectivity index (χ4n) is 5.56. The van der Waals surface area contributed by atoms with E-state index in [2.05, 4.69) is 36.1 Å². The molecule has 0 atom stereocenters. The van der Waals surface area contributed by atoms with Gasteiger partial charge in [0.1, 0.15) is 0 Å². The predicted molar refractivity (Wildman–Crippen MR) is 139 cm³/mol. The van der Waals surface area contributed by atoms with E-state index in [0.29, 0.717) is 30.0 Å². The maximum absolute atomic E-state index is 13.9. The highest BCUT2D eigenvalue weighted by molar-refractivity contribution is 6.02. The van der Waals surface area contributed by atoms with Crippen LogP contribution in [0.1, 0.15) is 61.9 Å². The second-order valence-electron chi connectivity index (χ2n) is 9.69. The first kappa shape index (κ1) is 25.4. The molecule has 0 aromatic heterocycles. The van der Waals surface area contributed by atoms with E-state index in [1.54, 1.807) is 4.90 Å². The van der Waals surface area contributed by atoms with Crippen molar-refractivity contribution >= 4 is 17.4 Å². The number of carbonyl (C=O) groups excluding carboxylic acids is 2. The van der Waals surface area contributed by atoms with Crippen LogP contribution in [0.25, 0.3) is 0 Å². The molecule has 0 bridgehead atoms. The summed E-state index contributed by atoms with van der Waals surface area (Å²) in [6.45, 7) is 6.82. The van der Waals surface area contributed by atoms with Crippen molar-refractivity contribution in [1.29, 1.82) is 0 Å². The molecule has 188 valence electrons. The number of amides is 1. The number of rotatable bonds is 5. The quantitative estimate of drug-likeness (QED) is 0.642. The Kier molecular flexibility index (Phi) is 8.58. The van der Waals surface area contributed by atoms with Crippen LogP contribution >= 0.6 is 0 Å². The van der Waals surface area contributed by atoms with Gasteiger partial charge < -0.3 is 19.6 Å². The third kappa shape index (κ3) is 5.76. The lowest BCUT2D eigenvalue weighted by Crippen LogP contribution is -2.41. The van der Waals surface area contributed by atoms with Crippen LogP contribution in [0.2, 0.25) is 0 Å². The minimum absolute atomic E-state index is 0.0856. The molecular weight excluding hydrogens is 440 g/mol. The SMILES string of the molecule is CCN(c1cccc2c1C/C=C/CCC1=C(CN(CCO)C2=O)C(=O)CC(C)=C1)C1CCOCC1. The fourth-order valence-corrected chi connectivity index (χ4v) is 5.56. The molecule has 35 heavy (non-hydrogen) atoms. The predicted octanol–water partition coefficient (Wildman–Crippen LogP) is 4.23. The molecule has 0 radical (unpaired) electrons. The summed E-state index contributed by atoms with van der Waals surface area (Å²) in [6.07, 6.45) is 11.1. The highest BCUT2D eigenvalue weighted by atomic mass is 16.5. The first-order valence-electron chi connectivity index (χ1n) is 13.0. The van der Waals surface area contributed by atoms with Crippen molar-refractivity contribution in [2.75, 3.05) is 44.4 Å². The molecule has 4 rings (SSSR count). The second-order valence-corrected chi connectivity index (χ2v) is 9.69. The Morgan fingerprint density at radius 2 is 1.97 bits per heavy atom. The smallest absolute Gasteiger partial charge is 0.254 e. The van der Waals surface area contributed by atoms with Crippen LogP contribution in [-0.4, -0.2) is 67.2 Å². The molecule has 1 N–H and O–H groups in total. The largest absolute Gasteiger partial charge is 0.395 e. The molecule has 0 unspecified atom stereocenters. The van der Waals surface area contributed by atoms with Gasteiger partial charge in [0.25, 0.3) is 5.91 Å². The Morgan fingerprint density at radius 1 is 1.17 bits per heavy atom. The maximum atomic E-state index is 13.9. The topological polar surface area (TPSA) is 70.1 Å². The number of ether oxygens (including phenoxy) is 1. The summed E-state index contributed by atoms with van der Waals surface area (Å²) < 4.78 is 5.59. The Morgan fingerprint density at radius 3 is 2.71 bits per heavy atom. The number of anilines is 1. The molecule has 1 aromatic carbocycles. The number of fused-ring (bicyclic) bond motifs is 1. The molecule has 2 heterocycles. The molecule has 3 aliphatic rings. The van der Waals surface area contributed by atoms with Gasteiger partial charge in [0.05, 0.1) is 6.61 Å². The highest BCUT2D eigenvalue weighted by Gasteiger charge is 2.28. The second kappa shape index (κ2) is 11.8. The number of hydrogen-bond donors (Lipinski definition) is 1. The molecule has 6 heteroatoms. The number of aliphatic hydroxyl groups is 1. The van der Waals surface area contributed by atoms with Crippen LogP contribution in [0.4, 0.5) is 5.69 Å². The molecule has 1 amide bonds. The van der Waals surface area contributed by atoms with E-state index in [1.165, 1.54) is 0 Å². The first-order valence-corrected chi connectivity index (χ1v) is 13.0. The number of carbonyl (C=O) groups is 2. The number of benzene rings is 1. The number of β-amino-alcohol motifs (C(OH)–C–C–N with tert-alkyl or cyclic N) is 1. The van der Waals surface area contributed by atoms with E-state index in [0.717, 1.165) is 67.8 Å². The molecule has 1 aromatic rings. The van der Waals surface area contributed by atoms with Gasteiger partial charge in [-0.1, -0.05) is 29.9 Å². The Labute approximate surface area is 208 Å². The number of aliphatic hydroxyl groups excluding tert-OH is 1. The van der Waals surface area contributed by atoms with E-state index in [-0.39, 0.29) is 31.4 Å². The normalized spacial score (nSPS) is 21.0. The van der Waals surface area contributed by atoms with Gasteiger partial charge in [-0.15, -0.1) is 0 Å². The summed E-state index contributed by atoms with van der Waals surface area (Å²) in [4.78, 5) is 31.0. The molecule has 6 nitrogen and oxygen atoms in total. The van der Waals surface area contributed by atoms with Crippen molar-refractivity contribution in [2.24, 2.45) is 0 Å². The van der Waals surface area contributed by atoms with Crippen molar-refractivity contribution < 1.29 is 19.4 Å². The van der Waals surface area contributed by atoms with Gasteiger partial charge in [-0.2, -0.15) is 0 Å². The molecule has 2 aliphatic heterocycles. The highest BCUT2D eigenvalue weighted by Crippen LogP contribution is 2.32. The van der Waals surface area contributed by atoms with Crippen molar-refractivity contribution in [3.05, 3.63) is 64.3 Å².